The van der Waals surface area contributed by atoms with E-state index in [2.05, 4.69) is 24.8 Å². The van der Waals surface area contributed by atoms with E-state index in [1.165, 1.54) is 0 Å². The van der Waals surface area contributed by atoms with E-state index in [0.29, 0.717) is 11.5 Å². The average Bonchev–Trinajstić information content (AvgIpc) is 3.03. The highest BCUT2D eigenvalue weighted by molar-refractivity contribution is 5.92. The van der Waals surface area contributed by atoms with Crippen molar-refractivity contribution in [2.24, 2.45) is 0 Å². The van der Waals surface area contributed by atoms with Gasteiger partial charge < -0.3 is 9.88 Å². The molecule has 1 aromatic carbocycles. The summed E-state index contributed by atoms with van der Waals surface area (Å²) in [6.07, 6.45) is 4.50. The van der Waals surface area contributed by atoms with Crippen LogP contribution in [0.15, 0.2) is 48.8 Å². The molecule has 2 aromatic heterocycles. The van der Waals surface area contributed by atoms with Gasteiger partial charge in [0, 0.05) is 24.6 Å². The first-order valence-corrected chi connectivity index (χ1v) is 8.69. The van der Waals surface area contributed by atoms with Crippen LogP contribution in [0.3, 0.4) is 0 Å². The molecule has 6 nitrogen and oxygen atoms in total. The molecule has 0 aliphatic heterocycles. The van der Waals surface area contributed by atoms with Crippen molar-refractivity contribution in [3.63, 3.8) is 0 Å². The zero-order valence-electron chi connectivity index (χ0n) is 15.3. The minimum Gasteiger partial charge on any atom is -0.344 e. The van der Waals surface area contributed by atoms with Crippen molar-refractivity contribution in [1.29, 1.82) is 0 Å². The van der Waals surface area contributed by atoms with Crippen LogP contribution >= 0.6 is 0 Å². The molecule has 0 fully saturated rings. The summed E-state index contributed by atoms with van der Waals surface area (Å²) in [5, 5.41) is 3.12. The molecule has 0 bridgehead atoms. The van der Waals surface area contributed by atoms with Gasteiger partial charge in [-0.1, -0.05) is 30.3 Å². The van der Waals surface area contributed by atoms with E-state index in [1.807, 2.05) is 50.4 Å². The number of aryl methyl sites for hydroxylation is 4. The Morgan fingerprint density at radius 1 is 1.15 bits per heavy atom. The summed E-state index contributed by atoms with van der Waals surface area (Å²) >= 11 is 0. The van der Waals surface area contributed by atoms with Gasteiger partial charge in [-0.15, -0.1) is 0 Å². The van der Waals surface area contributed by atoms with Gasteiger partial charge in [-0.05, 0) is 38.8 Å². The van der Waals surface area contributed by atoms with Gasteiger partial charge in [-0.2, -0.15) is 0 Å². The summed E-state index contributed by atoms with van der Waals surface area (Å²) in [5.74, 6) is 1.38. The number of benzene rings is 1. The molecule has 0 radical (unpaired) electrons. The van der Waals surface area contributed by atoms with E-state index in [0.717, 1.165) is 30.0 Å². The van der Waals surface area contributed by atoms with E-state index in [4.69, 9.17) is 0 Å². The van der Waals surface area contributed by atoms with Gasteiger partial charge >= 0.3 is 0 Å². The number of carbonyl (C=O) groups excluding carboxylic acids is 1. The maximum absolute atomic E-state index is 12.7. The summed E-state index contributed by atoms with van der Waals surface area (Å²) in [4.78, 5) is 25.5. The van der Waals surface area contributed by atoms with Gasteiger partial charge in [0.2, 0.25) is 0 Å². The third-order valence-corrected chi connectivity index (χ3v) is 4.29. The van der Waals surface area contributed by atoms with Crippen LogP contribution in [-0.4, -0.2) is 25.4 Å². The molecule has 1 atom stereocenters. The maximum Gasteiger partial charge on any atom is 0.270 e. The highest BCUT2D eigenvalue weighted by atomic mass is 16.1. The van der Waals surface area contributed by atoms with Gasteiger partial charge in [-0.3, -0.25) is 4.79 Å². The summed E-state index contributed by atoms with van der Waals surface area (Å²) < 4.78 is 2.08. The highest BCUT2D eigenvalue weighted by Crippen LogP contribution is 2.18. The Bertz CT molecular complexity index is 868. The largest absolute Gasteiger partial charge is 0.344 e. The van der Waals surface area contributed by atoms with Crippen molar-refractivity contribution in [3.8, 4) is 0 Å². The second-order valence-corrected chi connectivity index (χ2v) is 6.34. The summed E-state index contributed by atoms with van der Waals surface area (Å²) in [6, 6.07) is 11.6. The number of hydrogen-bond acceptors (Lipinski definition) is 4. The number of nitrogens with zero attached hydrogens (tertiary/aromatic N) is 4. The number of imidazole rings is 1. The van der Waals surface area contributed by atoms with Crippen LogP contribution in [0.25, 0.3) is 0 Å². The average molecular weight is 349 g/mol. The molecule has 6 heteroatoms. The molecule has 1 N–H and O–H groups in total. The lowest BCUT2D eigenvalue weighted by atomic mass is 10.0. The van der Waals surface area contributed by atoms with Crippen LogP contribution in [0.2, 0.25) is 0 Å². The second-order valence-electron chi connectivity index (χ2n) is 6.34. The first-order valence-electron chi connectivity index (χ1n) is 8.69. The maximum atomic E-state index is 12.7. The molecule has 0 saturated heterocycles. The fourth-order valence-corrected chi connectivity index (χ4v) is 2.98. The number of aromatic nitrogens is 4. The van der Waals surface area contributed by atoms with Crippen LogP contribution < -0.4 is 5.32 Å². The molecular weight excluding hydrogens is 326 g/mol. The monoisotopic (exact) mass is 349 g/mol. The Morgan fingerprint density at radius 2 is 1.92 bits per heavy atom. The van der Waals surface area contributed by atoms with E-state index in [-0.39, 0.29) is 11.9 Å². The summed E-state index contributed by atoms with van der Waals surface area (Å²) in [6.45, 7) is 6.40. The third-order valence-electron chi connectivity index (χ3n) is 4.29. The van der Waals surface area contributed by atoms with Crippen LogP contribution in [0, 0.1) is 20.8 Å². The van der Waals surface area contributed by atoms with E-state index in [9.17, 15) is 4.79 Å². The van der Waals surface area contributed by atoms with Crippen LogP contribution in [-0.2, 0) is 6.54 Å². The molecule has 3 aromatic rings. The van der Waals surface area contributed by atoms with Gasteiger partial charge in [0.25, 0.3) is 5.91 Å². The Hall–Kier alpha value is -3.02. The van der Waals surface area contributed by atoms with Crippen molar-refractivity contribution in [3.05, 3.63) is 77.4 Å². The Morgan fingerprint density at radius 3 is 2.58 bits per heavy atom. The number of carbonyl (C=O) groups is 1. The lowest BCUT2D eigenvalue weighted by Gasteiger charge is -2.20. The Kier molecular flexibility index (Phi) is 5.41. The van der Waals surface area contributed by atoms with E-state index in [1.54, 1.807) is 19.2 Å². The SMILES string of the molecule is Cc1cc(C(=O)NC(CCn2ccnc2C)c2ccccc2)nc(C)n1. The fraction of sp³-hybridized carbons (Fsp3) is 0.300. The lowest BCUT2D eigenvalue weighted by molar-refractivity contribution is 0.0928. The zero-order valence-corrected chi connectivity index (χ0v) is 15.3. The van der Waals surface area contributed by atoms with E-state index >= 15 is 0 Å². The number of nitrogens with one attached hydrogen (secondary N) is 1. The molecule has 26 heavy (non-hydrogen) atoms. The number of rotatable bonds is 6. The molecule has 0 aliphatic carbocycles. The molecule has 0 aliphatic rings. The first kappa shape index (κ1) is 17.8. The predicted molar refractivity (Wildman–Crippen MR) is 99.7 cm³/mol. The minimum absolute atomic E-state index is 0.110. The molecular formula is C20H23N5O. The quantitative estimate of drug-likeness (QED) is 0.742. The van der Waals surface area contributed by atoms with Crippen LogP contribution in [0.1, 0.15) is 45.9 Å². The molecule has 2 heterocycles. The fourth-order valence-electron chi connectivity index (χ4n) is 2.98. The summed E-state index contributed by atoms with van der Waals surface area (Å²) in [7, 11) is 0. The van der Waals surface area contributed by atoms with Gasteiger partial charge in [0.15, 0.2) is 0 Å². The lowest BCUT2D eigenvalue weighted by Crippen LogP contribution is -2.30. The van der Waals surface area contributed by atoms with Crippen molar-refractivity contribution in [2.75, 3.05) is 0 Å². The first-order chi connectivity index (χ1) is 12.5. The smallest absolute Gasteiger partial charge is 0.270 e. The van der Waals surface area contributed by atoms with Crippen molar-refractivity contribution >= 4 is 5.91 Å². The molecule has 0 spiro atoms. The van der Waals surface area contributed by atoms with Gasteiger partial charge in [0.05, 0.1) is 6.04 Å². The third kappa shape index (κ3) is 4.33. The predicted octanol–water partition coefficient (Wildman–Crippen LogP) is 3.16. The normalized spacial score (nSPS) is 12.0. The topological polar surface area (TPSA) is 72.7 Å². The Balaban J connectivity index is 1.79. The standard InChI is InChI=1S/C20H23N5O/c1-14-13-19(23-15(2)22-14)20(26)24-18(17-7-5-4-6-8-17)9-11-25-12-10-21-16(25)3/h4-8,10,12-13,18H,9,11H2,1-3H3,(H,24,26). The van der Waals surface area contributed by atoms with Crippen molar-refractivity contribution in [2.45, 2.75) is 39.8 Å². The Labute approximate surface area is 153 Å². The van der Waals surface area contributed by atoms with E-state index < -0.39 is 0 Å². The number of hydrogen-bond donors (Lipinski definition) is 1. The van der Waals surface area contributed by atoms with Crippen molar-refractivity contribution < 1.29 is 4.79 Å². The highest BCUT2D eigenvalue weighted by Gasteiger charge is 2.17. The minimum atomic E-state index is -0.185. The molecule has 134 valence electrons. The summed E-state index contributed by atoms with van der Waals surface area (Å²) in [5.41, 5.74) is 2.25. The zero-order chi connectivity index (χ0) is 18.5. The van der Waals surface area contributed by atoms with Crippen LogP contribution in [0.4, 0.5) is 0 Å². The second kappa shape index (κ2) is 7.91. The number of amides is 1. The van der Waals surface area contributed by atoms with Gasteiger partial charge in [0.1, 0.15) is 17.3 Å². The molecule has 3 rings (SSSR count). The molecule has 1 amide bonds. The van der Waals surface area contributed by atoms with Gasteiger partial charge in [-0.25, -0.2) is 15.0 Å². The molecule has 0 saturated carbocycles. The molecule has 1 unspecified atom stereocenters. The van der Waals surface area contributed by atoms with Crippen LogP contribution in [0.5, 0.6) is 0 Å². The van der Waals surface area contributed by atoms with Crippen molar-refractivity contribution in [1.82, 2.24) is 24.8 Å².